The third-order valence-electron chi connectivity index (χ3n) is 4.64. The lowest BCUT2D eigenvalue weighted by atomic mass is 10.1. The maximum absolute atomic E-state index is 12.8. The molecule has 8 nitrogen and oxygen atoms in total. The number of hydrogen-bond acceptors (Lipinski definition) is 9. The molecule has 2 aromatic rings. The van der Waals surface area contributed by atoms with Gasteiger partial charge in [0.25, 0.3) is 5.91 Å². The number of benzene rings is 1. The van der Waals surface area contributed by atoms with E-state index in [1.807, 2.05) is 19.1 Å². The van der Waals surface area contributed by atoms with Crippen LogP contribution in [0.1, 0.15) is 36.3 Å². The lowest BCUT2D eigenvalue weighted by Gasteiger charge is -2.14. The first kappa shape index (κ1) is 24.1. The Morgan fingerprint density at radius 1 is 1.19 bits per heavy atom. The summed E-state index contributed by atoms with van der Waals surface area (Å²) in [5.41, 5.74) is 0.833. The maximum atomic E-state index is 12.8. The van der Waals surface area contributed by atoms with Gasteiger partial charge in [-0.2, -0.15) is 0 Å². The summed E-state index contributed by atoms with van der Waals surface area (Å²) in [4.78, 5) is 27.0. The summed E-state index contributed by atoms with van der Waals surface area (Å²) < 4.78 is 11.1. The Balaban J connectivity index is 1.46. The molecular formula is C21H24N4O4S3. The monoisotopic (exact) mass is 492 g/mol. The first-order valence-electron chi connectivity index (χ1n) is 9.98. The second kappa shape index (κ2) is 11.4. The van der Waals surface area contributed by atoms with Crippen LogP contribution in [-0.4, -0.2) is 52.0 Å². The van der Waals surface area contributed by atoms with E-state index in [0.29, 0.717) is 38.8 Å². The van der Waals surface area contributed by atoms with Crippen LogP contribution in [0, 0.1) is 6.92 Å². The van der Waals surface area contributed by atoms with E-state index in [0.717, 1.165) is 29.8 Å². The highest BCUT2D eigenvalue weighted by atomic mass is 32.2. The molecule has 1 aromatic carbocycles. The van der Waals surface area contributed by atoms with Crippen LogP contribution < -0.4 is 14.8 Å². The number of hydrogen-bond donors (Lipinski definition) is 1. The quantitative estimate of drug-likeness (QED) is 0.299. The number of amides is 2. The topological polar surface area (TPSA) is 93.6 Å². The molecule has 0 spiro atoms. The molecule has 0 unspecified atom stereocenters. The second-order valence-corrected chi connectivity index (χ2v) is 9.79. The molecule has 170 valence electrons. The number of thiocarbonyl (C=S) groups is 1. The van der Waals surface area contributed by atoms with Crippen LogP contribution in [0.15, 0.2) is 23.1 Å². The number of methoxy groups -OCH3 is 2. The summed E-state index contributed by atoms with van der Waals surface area (Å²) in [6.07, 6.45) is 4.51. The number of ether oxygens (including phenoxy) is 2. The average molecular weight is 493 g/mol. The molecule has 1 saturated heterocycles. The zero-order chi connectivity index (χ0) is 23.1. The van der Waals surface area contributed by atoms with Crippen molar-refractivity contribution in [1.29, 1.82) is 0 Å². The van der Waals surface area contributed by atoms with Gasteiger partial charge in [0, 0.05) is 13.0 Å². The molecule has 2 amide bonds. The van der Waals surface area contributed by atoms with Crippen LogP contribution in [0.5, 0.6) is 11.5 Å². The van der Waals surface area contributed by atoms with Gasteiger partial charge in [0.1, 0.15) is 9.33 Å². The second-order valence-electron chi connectivity index (χ2n) is 6.93. The fraction of sp³-hybridized carbons (Fsp3) is 0.381. The smallest absolute Gasteiger partial charge is 0.266 e. The van der Waals surface area contributed by atoms with Gasteiger partial charge in [0.05, 0.1) is 19.1 Å². The fourth-order valence-corrected chi connectivity index (χ4v) is 4.96. The molecule has 1 N–H and O–H groups in total. The van der Waals surface area contributed by atoms with E-state index in [1.165, 1.54) is 23.1 Å². The van der Waals surface area contributed by atoms with Crippen molar-refractivity contribution in [2.24, 2.45) is 0 Å². The molecule has 1 aliphatic heterocycles. The van der Waals surface area contributed by atoms with Gasteiger partial charge in [-0.25, -0.2) is 0 Å². The van der Waals surface area contributed by atoms with Gasteiger partial charge >= 0.3 is 0 Å². The third kappa shape index (κ3) is 6.27. The van der Waals surface area contributed by atoms with Crippen LogP contribution in [0.2, 0.25) is 0 Å². The molecule has 1 aromatic heterocycles. The molecule has 0 aliphatic carbocycles. The van der Waals surface area contributed by atoms with Crippen LogP contribution in [0.4, 0.5) is 5.13 Å². The van der Waals surface area contributed by atoms with Crippen molar-refractivity contribution in [2.75, 3.05) is 26.1 Å². The van der Waals surface area contributed by atoms with Gasteiger partial charge < -0.3 is 14.8 Å². The molecule has 32 heavy (non-hydrogen) atoms. The van der Waals surface area contributed by atoms with Gasteiger partial charge in [-0.1, -0.05) is 47.8 Å². The number of aryl methyl sites for hydroxylation is 1. The van der Waals surface area contributed by atoms with E-state index in [-0.39, 0.29) is 11.8 Å². The lowest BCUT2D eigenvalue weighted by Crippen LogP contribution is -2.29. The van der Waals surface area contributed by atoms with Crippen LogP contribution >= 0.6 is 35.3 Å². The Morgan fingerprint density at radius 2 is 1.97 bits per heavy atom. The summed E-state index contributed by atoms with van der Waals surface area (Å²) in [6.45, 7) is 2.37. The summed E-state index contributed by atoms with van der Waals surface area (Å²) >= 11 is 8.04. The molecule has 1 fully saturated rings. The highest BCUT2D eigenvalue weighted by Gasteiger charge is 2.31. The van der Waals surface area contributed by atoms with Crippen molar-refractivity contribution in [3.63, 3.8) is 0 Å². The van der Waals surface area contributed by atoms with Crippen molar-refractivity contribution >= 4 is 62.7 Å². The van der Waals surface area contributed by atoms with Crippen molar-refractivity contribution in [2.45, 2.75) is 32.6 Å². The number of aromatic nitrogens is 2. The largest absolute Gasteiger partial charge is 0.493 e. The van der Waals surface area contributed by atoms with Gasteiger partial charge in [-0.05, 0) is 43.5 Å². The Labute approximate surface area is 200 Å². The molecule has 0 atom stereocenters. The molecule has 0 saturated carbocycles. The van der Waals surface area contributed by atoms with Crippen molar-refractivity contribution in [3.8, 4) is 11.5 Å². The van der Waals surface area contributed by atoms with Gasteiger partial charge in [0.2, 0.25) is 11.0 Å². The standard InChI is InChI=1S/C21H24N4O4S3/c1-13-23-24-20(31-13)22-18(26)7-5-4-6-10-25-19(27)17(32-21(25)30)12-14-8-9-15(28-2)16(11-14)29-3/h8-9,11-12H,4-7,10H2,1-3H3,(H,22,24,26)/b17-12-. The Hall–Kier alpha value is -2.50. The zero-order valence-electron chi connectivity index (χ0n) is 18.0. The zero-order valence-corrected chi connectivity index (χ0v) is 20.5. The number of carbonyl (C=O) groups is 2. The number of nitrogens with one attached hydrogen (secondary N) is 1. The minimum atomic E-state index is -0.0980. The van der Waals surface area contributed by atoms with Gasteiger partial charge in [-0.3, -0.25) is 14.5 Å². The summed E-state index contributed by atoms with van der Waals surface area (Å²) in [7, 11) is 3.15. The van der Waals surface area contributed by atoms with E-state index >= 15 is 0 Å². The first-order valence-corrected chi connectivity index (χ1v) is 12.0. The molecular weight excluding hydrogens is 468 g/mol. The summed E-state index contributed by atoms with van der Waals surface area (Å²) in [5.74, 6) is 1.05. The maximum Gasteiger partial charge on any atom is 0.266 e. The van der Waals surface area contributed by atoms with Gasteiger partial charge in [0.15, 0.2) is 11.5 Å². The Bertz CT molecular complexity index is 1040. The molecule has 11 heteroatoms. The minimum absolute atomic E-state index is 0.0791. The third-order valence-corrected chi connectivity index (χ3v) is 6.77. The molecule has 0 bridgehead atoms. The molecule has 1 aliphatic rings. The molecule has 0 radical (unpaired) electrons. The lowest BCUT2D eigenvalue weighted by molar-refractivity contribution is -0.122. The fourth-order valence-electron chi connectivity index (χ4n) is 3.05. The normalized spacial score (nSPS) is 14.8. The number of anilines is 1. The van der Waals surface area contributed by atoms with Crippen LogP contribution in [-0.2, 0) is 9.59 Å². The Kier molecular flexibility index (Phi) is 8.60. The van der Waals surface area contributed by atoms with Gasteiger partial charge in [-0.15, -0.1) is 10.2 Å². The molecule has 3 rings (SSSR count). The summed E-state index contributed by atoms with van der Waals surface area (Å²) in [5, 5.41) is 11.8. The number of nitrogens with zero attached hydrogens (tertiary/aromatic N) is 3. The van der Waals surface area contributed by atoms with Crippen molar-refractivity contribution in [1.82, 2.24) is 15.1 Å². The number of unbranched alkanes of at least 4 members (excludes halogenated alkanes) is 2. The molecule has 2 heterocycles. The number of thioether (sulfide) groups is 1. The van der Waals surface area contributed by atoms with Crippen molar-refractivity contribution in [3.05, 3.63) is 33.7 Å². The predicted molar refractivity (Wildman–Crippen MR) is 131 cm³/mol. The van der Waals surface area contributed by atoms with E-state index in [2.05, 4.69) is 15.5 Å². The average Bonchev–Trinajstić information content (AvgIpc) is 3.30. The van der Waals surface area contributed by atoms with E-state index in [9.17, 15) is 9.59 Å². The van der Waals surface area contributed by atoms with Crippen LogP contribution in [0.25, 0.3) is 6.08 Å². The van der Waals surface area contributed by atoms with E-state index < -0.39 is 0 Å². The Morgan fingerprint density at radius 3 is 2.66 bits per heavy atom. The predicted octanol–water partition coefficient (Wildman–Crippen LogP) is 4.26. The summed E-state index contributed by atoms with van der Waals surface area (Å²) in [6, 6.07) is 5.48. The SMILES string of the molecule is COc1ccc(/C=C2\SC(=S)N(CCCCCC(=O)Nc3nnc(C)s3)C2=O)cc1OC. The minimum Gasteiger partial charge on any atom is -0.493 e. The highest BCUT2D eigenvalue weighted by molar-refractivity contribution is 8.26. The van der Waals surface area contributed by atoms with E-state index in [1.54, 1.807) is 31.3 Å². The number of carbonyl (C=O) groups excluding carboxylic acids is 2. The van der Waals surface area contributed by atoms with Crippen LogP contribution in [0.3, 0.4) is 0 Å². The first-order chi connectivity index (χ1) is 15.4. The van der Waals surface area contributed by atoms with Crippen molar-refractivity contribution < 1.29 is 19.1 Å². The van der Waals surface area contributed by atoms with E-state index in [4.69, 9.17) is 21.7 Å². The number of rotatable bonds is 10. The highest BCUT2D eigenvalue weighted by Crippen LogP contribution is 2.34.